The fourth-order valence-electron chi connectivity index (χ4n) is 4.04. The number of rotatable bonds is 10. The van der Waals surface area contributed by atoms with E-state index in [4.69, 9.17) is 0 Å². The molecule has 0 spiro atoms. The third kappa shape index (κ3) is 5.72. The minimum Gasteiger partial charge on any atom is -0.371 e. The number of hydrogen-bond donors (Lipinski definition) is 1. The van der Waals surface area contributed by atoms with Crippen molar-refractivity contribution in [3.63, 3.8) is 0 Å². The van der Waals surface area contributed by atoms with Crippen LogP contribution < -0.4 is 10.2 Å². The fourth-order valence-corrected chi connectivity index (χ4v) is 4.46. The second kappa shape index (κ2) is 10.8. The molecular weight excluding hydrogens is 461 g/mol. The van der Waals surface area contributed by atoms with Crippen molar-refractivity contribution in [2.75, 3.05) is 30.0 Å². The summed E-state index contributed by atoms with van der Waals surface area (Å²) >= 11 is 1.76. The summed E-state index contributed by atoms with van der Waals surface area (Å²) in [7, 11) is 0. The number of hydrogen-bond acceptors (Lipinski definition) is 6. The van der Waals surface area contributed by atoms with Gasteiger partial charge in [-0.15, -0.1) is 5.10 Å². The minimum atomic E-state index is -4.39. The van der Waals surface area contributed by atoms with E-state index < -0.39 is 11.7 Å². The molecule has 2 heterocycles. The topological polar surface area (TPSA) is 58.9 Å². The van der Waals surface area contributed by atoms with Crippen molar-refractivity contribution in [1.29, 1.82) is 0 Å². The number of tetrazole rings is 1. The van der Waals surface area contributed by atoms with Gasteiger partial charge in [-0.3, -0.25) is 5.32 Å². The molecule has 0 bridgehead atoms. The largest absolute Gasteiger partial charge is 0.416 e. The molecule has 2 aromatic carbocycles. The van der Waals surface area contributed by atoms with E-state index in [0.717, 1.165) is 36.9 Å². The van der Waals surface area contributed by atoms with Crippen LogP contribution in [0.4, 0.5) is 18.9 Å². The molecule has 1 aliphatic heterocycles. The summed E-state index contributed by atoms with van der Waals surface area (Å²) in [5.41, 5.74) is 2.03. The molecule has 4 rings (SSSR count). The molecule has 34 heavy (non-hydrogen) atoms. The summed E-state index contributed by atoms with van der Waals surface area (Å²) in [6.07, 6.45) is -0.210. The van der Waals surface area contributed by atoms with Crippen LogP contribution in [0.1, 0.15) is 54.4 Å². The molecule has 182 valence electrons. The van der Waals surface area contributed by atoms with Crippen LogP contribution in [-0.2, 0) is 12.7 Å². The van der Waals surface area contributed by atoms with Gasteiger partial charge in [-0.25, -0.2) is 4.68 Å². The molecule has 1 unspecified atom stereocenters. The molecule has 0 amide bonds. The number of thioether (sulfide) groups is 1. The standard InChI is InChI=1S/C24H29F3N6S/c1-17(19-6-3-7-20(16-19)24(25,26)27)28-22(23-29-30-31-33(23)14-5-15-34-2)18-8-10-21(11-9-18)32-12-4-13-32/h3,6-11,16-17,22,28H,4-5,12-15H2,1-2H3/t17-,22?/m0/s1. The van der Waals surface area contributed by atoms with Gasteiger partial charge in [0, 0.05) is 31.4 Å². The van der Waals surface area contributed by atoms with Crippen molar-refractivity contribution in [2.45, 2.75) is 44.6 Å². The van der Waals surface area contributed by atoms with Crippen LogP contribution >= 0.6 is 11.8 Å². The summed E-state index contributed by atoms with van der Waals surface area (Å²) in [6, 6.07) is 13.0. The smallest absolute Gasteiger partial charge is 0.371 e. The maximum Gasteiger partial charge on any atom is 0.416 e. The number of aryl methyl sites for hydroxylation is 1. The fraction of sp³-hybridized carbons (Fsp3) is 0.458. The number of nitrogens with zero attached hydrogens (tertiary/aromatic N) is 5. The van der Waals surface area contributed by atoms with Gasteiger partial charge in [0.15, 0.2) is 5.82 Å². The molecular formula is C24H29F3N6S. The zero-order valence-electron chi connectivity index (χ0n) is 19.3. The first kappa shape index (κ1) is 24.5. The molecule has 1 N–H and O–H groups in total. The van der Waals surface area contributed by atoms with Gasteiger partial charge in [-0.1, -0.05) is 24.3 Å². The van der Waals surface area contributed by atoms with E-state index in [1.807, 2.05) is 19.1 Å². The molecule has 1 aromatic heterocycles. The molecule has 0 aliphatic carbocycles. The van der Waals surface area contributed by atoms with Crippen LogP contribution in [-0.4, -0.2) is 45.3 Å². The van der Waals surface area contributed by atoms with E-state index >= 15 is 0 Å². The lowest BCUT2D eigenvalue weighted by Crippen LogP contribution is -2.37. The Morgan fingerprint density at radius 1 is 1.09 bits per heavy atom. The van der Waals surface area contributed by atoms with Crippen molar-refractivity contribution in [3.05, 3.63) is 71.0 Å². The summed E-state index contributed by atoms with van der Waals surface area (Å²) in [5, 5.41) is 15.9. The van der Waals surface area contributed by atoms with Gasteiger partial charge in [0.25, 0.3) is 0 Å². The monoisotopic (exact) mass is 490 g/mol. The molecule has 1 aliphatic rings. The molecule has 0 radical (unpaired) electrons. The molecule has 3 aromatic rings. The molecule has 1 fully saturated rings. The van der Waals surface area contributed by atoms with Gasteiger partial charge in [0.05, 0.1) is 11.6 Å². The lowest BCUT2D eigenvalue weighted by atomic mass is 10.00. The highest BCUT2D eigenvalue weighted by molar-refractivity contribution is 7.98. The van der Waals surface area contributed by atoms with Gasteiger partial charge < -0.3 is 4.90 Å². The van der Waals surface area contributed by atoms with E-state index in [-0.39, 0.29) is 12.1 Å². The first-order valence-corrected chi connectivity index (χ1v) is 12.8. The Balaban J connectivity index is 1.62. The average Bonchev–Trinajstić information content (AvgIpc) is 3.25. The Bertz CT molecular complexity index is 1070. The zero-order valence-corrected chi connectivity index (χ0v) is 20.1. The van der Waals surface area contributed by atoms with E-state index in [1.54, 1.807) is 22.5 Å². The van der Waals surface area contributed by atoms with Gasteiger partial charge in [-0.05, 0) is 77.6 Å². The summed E-state index contributed by atoms with van der Waals surface area (Å²) in [4.78, 5) is 2.31. The molecule has 0 saturated carbocycles. The lowest BCUT2D eigenvalue weighted by Gasteiger charge is -2.33. The van der Waals surface area contributed by atoms with Crippen molar-refractivity contribution in [3.8, 4) is 0 Å². The van der Waals surface area contributed by atoms with E-state index in [2.05, 4.69) is 44.1 Å². The Hall–Kier alpha value is -2.59. The van der Waals surface area contributed by atoms with Gasteiger partial charge in [-0.2, -0.15) is 24.9 Å². The third-order valence-electron chi connectivity index (χ3n) is 6.11. The predicted octanol–water partition coefficient (Wildman–Crippen LogP) is 5.10. The van der Waals surface area contributed by atoms with Crippen LogP contribution in [0.2, 0.25) is 0 Å². The Morgan fingerprint density at radius 3 is 2.50 bits per heavy atom. The first-order valence-electron chi connectivity index (χ1n) is 11.4. The Labute approximate surface area is 201 Å². The van der Waals surface area contributed by atoms with Crippen LogP contribution in [0.25, 0.3) is 0 Å². The van der Waals surface area contributed by atoms with Crippen molar-refractivity contribution in [1.82, 2.24) is 25.5 Å². The van der Waals surface area contributed by atoms with Crippen LogP contribution in [0.5, 0.6) is 0 Å². The molecule has 2 atom stereocenters. The second-order valence-electron chi connectivity index (χ2n) is 8.48. The quantitative estimate of drug-likeness (QED) is 0.399. The summed E-state index contributed by atoms with van der Waals surface area (Å²) in [5.74, 6) is 1.64. The minimum absolute atomic E-state index is 0.362. The number of anilines is 1. The first-order chi connectivity index (χ1) is 16.4. The number of alkyl halides is 3. The Morgan fingerprint density at radius 2 is 1.85 bits per heavy atom. The normalized spacial score (nSPS) is 15.7. The number of benzene rings is 2. The molecule has 1 saturated heterocycles. The van der Waals surface area contributed by atoms with Crippen LogP contribution in [0.3, 0.4) is 0 Å². The predicted molar refractivity (Wildman–Crippen MR) is 129 cm³/mol. The summed E-state index contributed by atoms with van der Waals surface area (Å²) < 4.78 is 41.6. The SMILES string of the molecule is CSCCCn1nnnc1C(N[C@@H](C)c1cccc(C(F)(F)F)c1)c1ccc(N2CCC2)cc1. The van der Waals surface area contributed by atoms with Crippen molar-refractivity contribution < 1.29 is 13.2 Å². The van der Waals surface area contributed by atoms with E-state index in [9.17, 15) is 13.2 Å². The molecule has 6 nitrogen and oxygen atoms in total. The number of halogens is 3. The number of nitrogens with one attached hydrogen (secondary N) is 1. The Kier molecular flexibility index (Phi) is 7.77. The van der Waals surface area contributed by atoms with Gasteiger partial charge in [0.2, 0.25) is 0 Å². The lowest BCUT2D eigenvalue weighted by molar-refractivity contribution is -0.137. The van der Waals surface area contributed by atoms with Crippen LogP contribution in [0.15, 0.2) is 48.5 Å². The van der Waals surface area contributed by atoms with Crippen molar-refractivity contribution in [2.24, 2.45) is 0 Å². The van der Waals surface area contributed by atoms with Crippen molar-refractivity contribution >= 4 is 17.4 Å². The van der Waals surface area contributed by atoms with E-state index in [0.29, 0.717) is 17.9 Å². The van der Waals surface area contributed by atoms with Gasteiger partial charge >= 0.3 is 6.18 Å². The highest BCUT2D eigenvalue weighted by atomic mass is 32.2. The van der Waals surface area contributed by atoms with E-state index in [1.165, 1.54) is 24.2 Å². The number of aromatic nitrogens is 4. The van der Waals surface area contributed by atoms with Crippen LogP contribution in [0, 0.1) is 0 Å². The second-order valence-corrected chi connectivity index (χ2v) is 9.47. The highest BCUT2D eigenvalue weighted by Gasteiger charge is 2.31. The highest BCUT2D eigenvalue weighted by Crippen LogP contribution is 2.32. The average molecular weight is 491 g/mol. The van der Waals surface area contributed by atoms with Gasteiger partial charge in [0.1, 0.15) is 0 Å². The zero-order chi connectivity index (χ0) is 24.1. The molecule has 10 heteroatoms. The third-order valence-corrected chi connectivity index (χ3v) is 6.81. The maximum atomic E-state index is 13.3. The summed E-state index contributed by atoms with van der Waals surface area (Å²) in [6.45, 7) is 4.65. The maximum absolute atomic E-state index is 13.3.